The minimum absolute atomic E-state index is 0. The van der Waals surface area contributed by atoms with Gasteiger partial charge in [-0.25, -0.2) is 58.7 Å². The second-order valence-corrected chi connectivity index (χ2v) is 50.6. The predicted octanol–water partition coefficient (Wildman–Crippen LogP) is 18.4. The summed E-state index contributed by atoms with van der Waals surface area (Å²) in [6, 6.07) is 1.23. The molecule has 0 bridgehead atoms. The van der Waals surface area contributed by atoms with Crippen LogP contribution in [0, 0.1) is 0 Å². The minimum Gasteiger partial charge on any atom is -0.476 e. The van der Waals surface area contributed by atoms with Gasteiger partial charge in [-0.05, 0) is 181 Å². The predicted molar refractivity (Wildman–Crippen MR) is 528 cm³/mol. The van der Waals surface area contributed by atoms with Gasteiger partial charge in [0.05, 0.1) is 52.1 Å². The first kappa shape index (κ1) is 99.1. The van der Waals surface area contributed by atoms with E-state index in [2.05, 4.69) is 192 Å². The van der Waals surface area contributed by atoms with Gasteiger partial charge in [0.15, 0.2) is 46.0 Å². The van der Waals surface area contributed by atoms with Crippen molar-refractivity contribution < 1.29 is 51.7 Å². The summed E-state index contributed by atoms with van der Waals surface area (Å²) < 4.78 is 65.3. The number of nitrogen functional groups attached to an aromatic ring is 3. The molecule has 5 aliphatic carbocycles. The highest BCUT2D eigenvalue weighted by atomic mass is 128. The molecule has 0 aromatic carbocycles. The van der Waals surface area contributed by atoms with Crippen LogP contribution in [0.4, 0.5) is 41.3 Å². The Morgan fingerprint density at radius 2 is 0.866 bits per heavy atom. The number of piperidine rings is 2. The number of nitrogens with two attached hydrogens (primary N) is 3. The number of thiazole rings is 2. The summed E-state index contributed by atoms with van der Waals surface area (Å²) in [7, 11) is 0. The highest BCUT2D eigenvalue weighted by Gasteiger charge is 2.49. The first-order chi connectivity index (χ1) is 60.1. The lowest BCUT2D eigenvalue weighted by atomic mass is 9.73. The van der Waals surface area contributed by atoms with E-state index in [1.165, 1.54) is 88.6 Å². The highest BCUT2D eigenvalue weighted by molar-refractivity contribution is 15.0. The molecule has 10 N–H and O–H groups in total. The van der Waals surface area contributed by atoms with E-state index in [9.17, 15) is 37.5 Å². The summed E-state index contributed by atoms with van der Waals surface area (Å²) in [6.45, 7) is 20.5. The summed E-state index contributed by atoms with van der Waals surface area (Å²) in [5.41, 5.74) is 27.7. The maximum atomic E-state index is 14.0. The molecular formula is C86H117F3I5N23O8S2. The third kappa shape index (κ3) is 23.7. The Labute approximate surface area is 812 Å². The molecule has 0 spiro atoms. The van der Waals surface area contributed by atoms with E-state index in [1.807, 2.05) is 37.8 Å². The van der Waals surface area contributed by atoms with Crippen LogP contribution in [0.1, 0.15) is 298 Å². The Kier molecular flexibility index (Phi) is 33.5. The van der Waals surface area contributed by atoms with E-state index < -0.39 is 47.1 Å². The maximum Gasteiger partial charge on any atom is 0.471 e. The van der Waals surface area contributed by atoms with Crippen molar-refractivity contribution in [2.24, 2.45) is 0 Å². The van der Waals surface area contributed by atoms with Crippen LogP contribution in [0.25, 0.3) is 34.2 Å². The van der Waals surface area contributed by atoms with E-state index in [0.717, 1.165) is 126 Å². The van der Waals surface area contributed by atoms with Crippen molar-refractivity contribution in [3.63, 3.8) is 0 Å². The number of rotatable bonds is 16. The lowest BCUT2D eigenvalue weighted by Crippen LogP contribution is -2.52. The molecule has 10 aliphatic rings. The van der Waals surface area contributed by atoms with E-state index in [-0.39, 0.29) is 77.8 Å². The summed E-state index contributed by atoms with van der Waals surface area (Å²) in [4.78, 5) is 93.9. The number of carboxylic acid groups (broad SMARTS) is 1. The number of aromatic carboxylic acids is 1. The maximum absolute atomic E-state index is 14.0. The van der Waals surface area contributed by atoms with E-state index in [4.69, 9.17) is 46.6 Å². The molecule has 13 heterocycles. The number of halogens is 8. The number of amides is 3. The number of carboxylic acids is 1. The van der Waals surface area contributed by atoms with Gasteiger partial charge in [-0.1, -0.05) is 155 Å². The van der Waals surface area contributed by atoms with Gasteiger partial charge >= 0.3 is 18.1 Å². The molecule has 692 valence electrons. The van der Waals surface area contributed by atoms with Crippen LogP contribution in [0.15, 0.2) is 29.4 Å². The van der Waals surface area contributed by atoms with Crippen molar-refractivity contribution in [1.82, 2.24) is 89.2 Å². The molecule has 8 aromatic heterocycles. The number of hydrogen-bond acceptors (Lipinski definition) is 26. The van der Waals surface area contributed by atoms with Crippen LogP contribution >= 0.6 is 128 Å². The summed E-state index contributed by atoms with van der Waals surface area (Å²) in [5.74, 6) is -3.19. The van der Waals surface area contributed by atoms with E-state index in [0.29, 0.717) is 134 Å². The number of fused-ring (bicyclic) bond motifs is 9. The molecule has 3 atom stereocenters. The Bertz CT molecular complexity index is 5140. The lowest BCUT2D eigenvalue weighted by Gasteiger charge is -2.42. The van der Waals surface area contributed by atoms with Crippen molar-refractivity contribution in [3.8, 4) is 34.2 Å². The normalized spacial score (nSPS) is 21.2. The van der Waals surface area contributed by atoms with Crippen molar-refractivity contribution in [3.05, 3.63) is 91.2 Å². The summed E-state index contributed by atoms with van der Waals surface area (Å²) >= 11 is 13.8. The average molecular weight is 2360 g/mol. The molecule has 5 aliphatic heterocycles. The number of carbonyl (C=O) groups is 4. The minimum atomic E-state index is -5.01. The molecule has 7 fully saturated rings. The van der Waals surface area contributed by atoms with Crippen LogP contribution in [-0.4, -0.2) is 188 Å². The first-order valence-corrected chi connectivity index (χ1v) is 55.0. The number of ether oxygens (including phenoxy) is 3. The van der Waals surface area contributed by atoms with Gasteiger partial charge < -0.3 is 56.5 Å². The van der Waals surface area contributed by atoms with Gasteiger partial charge in [-0.2, -0.15) is 28.5 Å². The zero-order valence-corrected chi connectivity index (χ0v) is 84.6. The third-order valence-corrected chi connectivity index (χ3v) is 27.1. The van der Waals surface area contributed by atoms with E-state index in [1.54, 1.807) is 33.3 Å². The fraction of sp³-hybridized carbons (Fsp3) is 0.640. The Balaban J connectivity index is 0.000000163. The molecule has 127 heavy (non-hydrogen) atoms. The van der Waals surface area contributed by atoms with E-state index >= 15 is 0 Å². The number of carbonyl (C=O) groups excluding carboxylic acids is 3. The number of nitrogens with zero attached hydrogens (tertiary/aromatic N) is 17. The zero-order valence-electron chi connectivity index (χ0n) is 72.2. The van der Waals surface area contributed by atoms with Crippen LogP contribution in [-0.2, 0) is 67.6 Å². The molecule has 18 rings (SSSR count). The second-order valence-electron chi connectivity index (χ2n) is 36.3. The third-order valence-electron chi connectivity index (χ3n) is 25.5. The van der Waals surface area contributed by atoms with Crippen LogP contribution in [0.2, 0.25) is 0 Å². The van der Waals surface area contributed by atoms with Crippen LogP contribution in [0.3, 0.4) is 0 Å². The van der Waals surface area contributed by atoms with Gasteiger partial charge in [0.1, 0.15) is -0.565 Å². The monoisotopic (exact) mass is 2360 g/mol. The first-order valence-electron chi connectivity index (χ1n) is 43.8. The molecule has 41 heteroatoms. The number of likely N-dealkylation sites (tertiary alicyclic amines) is 2. The van der Waals surface area contributed by atoms with Gasteiger partial charge in [0.2, 0.25) is 17.8 Å². The fourth-order valence-electron chi connectivity index (χ4n) is 19.8. The lowest BCUT2D eigenvalue weighted by molar-refractivity contribution is -0.189. The summed E-state index contributed by atoms with van der Waals surface area (Å²) in [5, 5.41) is 37.9. The van der Waals surface area contributed by atoms with Crippen molar-refractivity contribution >= 4 is 179 Å². The molecule has 31 nitrogen and oxygen atoms in total. The molecule has 8 aromatic rings. The number of nitrogens with one attached hydrogen (secondary N) is 3. The largest absolute Gasteiger partial charge is 0.476 e. The zero-order chi connectivity index (χ0) is 89.7. The SMILES string of the molecule is C.CC(I)(I)I.CC1(C)Cc2cnc(N)nc2-c2c1c(C(=O)Nc1nc(CN(C(=O)C(F)(F)F)C3CCN(C4CCCCC4)CC3)cs1)nn2C1CCCCO1.CC1(C)Cc2cnc(N)nc2-c2c1c(C(=O)Nc1nc(CNC3CCN(C4CCCCC4)CC3)cs1)nn2C1CCCCO1.CC1(C)Cc2cnc(N)nc2-c2c1c(C(=O)O)nn2C1CCCCO1.II. The summed E-state index contributed by atoms with van der Waals surface area (Å²) in [6.07, 6.45) is 25.5. The highest BCUT2D eigenvalue weighted by Crippen LogP contribution is 2.50. The van der Waals surface area contributed by atoms with Crippen molar-refractivity contribution in [1.29, 1.82) is 0 Å². The average Bonchev–Trinajstić information content (AvgIpc) is 1.59. The fourth-order valence-corrected chi connectivity index (χ4v) is 21.2. The van der Waals surface area contributed by atoms with Gasteiger partial charge in [0.25, 0.3) is 11.8 Å². The Morgan fingerprint density at radius 1 is 0.520 bits per heavy atom. The van der Waals surface area contributed by atoms with Crippen molar-refractivity contribution in [2.45, 2.75) is 301 Å². The molecule has 3 unspecified atom stereocenters. The molecule has 5 saturated heterocycles. The topological polar surface area (TPSA) is 397 Å². The second kappa shape index (κ2) is 42.9. The Morgan fingerprint density at radius 3 is 1.23 bits per heavy atom. The number of aromatic nitrogens is 14. The number of anilines is 5. The molecule has 2 saturated carbocycles. The standard InChI is InChI=1S/C34H44F3N9O3S.C32H45N9O2S.C17H21N5O3.C2H3I3.CH4.I2/c1-33(2)16-20-17-39-31(38)41-26(20)28-25(33)27(43-46(28)24-10-6-7-15-49-24)29(47)42-32-40-21(19-50-32)18-45(30(48)34(35,36)37)23-11-13-44(14-12-23)22-8-4-3-5-9-22;1-32(2)16-20-17-35-30(33)37-26(20)28-25(32)27(39-41(28)24-10-6-7-15-43-24)29(42)38-31-36-22(19-44-31)18-34-21-11-13-40(14-12-21)23-8-4-3-5-9-23;1-17(2)7-9-8-19-16(18)20-12(9)14-11(17)13(15(23)24)21-22(14)10-5-3-4-6-25-10;1-2(3,4)5;;1-2/h17,19,22-24H,3-16,18H2,1-2H3,(H2,38,39,41)(H,40,42,47);17,19,21,23-24,34H,3-16,18H2,1-2H3,(H2,33,35,37)(H,36,38,42);8,10H,3-7H2,1-2H3,(H,23,24)(H2,18,19,20);1H3;1H4;. The quantitative estimate of drug-likeness (QED) is 0.0349. The van der Waals surface area contributed by atoms with Crippen LogP contribution < -0.4 is 33.2 Å². The van der Waals surface area contributed by atoms with Crippen molar-refractivity contribution in [2.75, 3.05) is 73.8 Å². The smallest absolute Gasteiger partial charge is 0.471 e. The molecule has 0 radical (unpaired) electrons. The molecule has 3 amide bonds. The van der Waals surface area contributed by atoms with Crippen LogP contribution in [0.5, 0.6) is 0 Å². The number of alkyl halides is 6. The molecular weight excluding hydrogens is 2240 g/mol. The van der Waals surface area contributed by atoms with Gasteiger partial charge in [0, 0.05) is 147 Å². The number of hydrogen-bond donors (Lipinski definition) is 7. The van der Waals surface area contributed by atoms with Gasteiger partial charge in [-0.3, -0.25) is 25.0 Å². The Hall–Kier alpha value is -5.39. The van der Waals surface area contributed by atoms with Gasteiger partial charge in [-0.15, -0.1) is 22.7 Å².